The molecule has 2 N–H and O–H groups in total. The van der Waals surface area contributed by atoms with Crippen LogP contribution in [0.15, 0.2) is 22.7 Å². The van der Waals surface area contributed by atoms with Gasteiger partial charge in [-0.25, -0.2) is 4.39 Å². The first-order valence-corrected chi connectivity index (χ1v) is 7.25. The highest BCUT2D eigenvalue weighted by atomic mass is 79.9. The van der Waals surface area contributed by atoms with Gasteiger partial charge >= 0.3 is 0 Å². The van der Waals surface area contributed by atoms with Crippen molar-refractivity contribution in [3.05, 3.63) is 34.1 Å². The van der Waals surface area contributed by atoms with E-state index in [1.54, 1.807) is 12.1 Å². The van der Waals surface area contributed by atoms with E-state index in [1.807, 2.05) is 0 Å². The van der Waals surface area contributed by atoms with E-state index in [2.05, 4.69) is 15.9 Å². The summed E-state index contributed by atoms with van der Waals surface area (Å²) >= 11 is 3.35. The van der Waals surface area contributed by atoms with Crippen molar-refractivity contribution in [3.63, 3.8) is 0 Å². The molecule has 1 saturated heterocycles. The van der Waals surface area contributed by atoms with Crippen LogP contribution in [-0.4, -0.2) is 18.8 Å². The molecule has 1 fully saturated rings. The van der Waals surface area contributed by atoms with E-state index in [-0.39, 0.29) is 18.0 Å². The lowest BCUT2D eigenvalue weighted by atomic mass is 9.97. The third-order valence-corrected chi connectivity index (χ3v) is 3.82. The Kier molecular flexibility index (Phi) is 5.15. The molecule has 0 aromatic heterocycles. The Morgan fingerprint density at radius 3 is 3.00 bits per heavy atom. The van der Waals surface area contributed by atoms with Crippen LogP contribution in [-0.2, 0) is 11.2 Å². The maximum Gasteiger partial charge on any atom is 0.126 e. The summed E-state index contributed by atoms with van der Waals surface area (Å²) in [7, 11) is 0. The highest BCUT2D eigenvalue weighted by molar-refractivity contribution is 9.10. The van der Waals surface area contributed by atoms with Crippen LogP contribution in [0.4, 0.5) is 4.39 Å². The Labute approximate surface area is 116 Å². The molecule has 1 aliphatic heterocycles. The number of hydrogen-bond acceptors (Lipinski definition) is 2. The molecule has 4 heteroatoms. The van der Waals surface area contributed by atoms with Gasteiger partial charge in [0.25, 0.3) is 0 Å². The third-order valence-electron chi connectivity index (χ3n) is 3.33. The lowest BCUT2D eigenvalue weighted by molar-refractivity contribution is 0.00743. The summed E-state index contributed by atoms with van der Waals surface area (Å²) in [6, 6.07) is 4.94. The second kappa shape index (κ2) is 6.64. The van der Waals surface area contributed by atoms with Crippen LogP contribution in [0.1, 0.15) is 31.2 Å². The van der Waals surface area contributed by atoms with Crippen molar-refractivity contribution >= 4 is 15.9 Å². The third kappa shape index (κ3) is 4.04. The van der Waals surface area contributed by atoms with Crippen LogP contribution >= 0.6 is 15.9 Å². The molecule has 0 spiro atoms. The molecule has 1 aliphatic rings. The first-order valence-electron chi connectivity index (χ1n) is 6.46. The van der Waals surface area contributed by atoms with Crippen molar-refractivity contribution in [2.45, 2.75) is 44.2 Å². The van der Waals surface area contributed by atoms with Gasteiger partial charge in [0.15, 0.2) is 0 Å². The number of hydrogen-bond donors (Lipinski definition) is 1. The predicted octanol–water partition coefficient (Wildman–Crippen LogP) is 3.42. The van der Waals surface area contributed by atoms with E-state index >= 15 is 0 Å². The first-order chi connectivity index (χ1) is 8.65. The summed E-state index contributed by atoms with van der Waals surface area (Å²) in [6.45, 7) is 0.836. The van der Waals surface area contributed by atoms with Gasteiger partial charge in [0, 0.05) is 17.1 Å². The van der Waals surface area contributed by atoms with Crippen LogP contribution in [0, 0.1) is 5.82 Å². The standard InChI is InChI=1S/C14H19BrFNO/c15-11-4-5-14(16)10(7-11)8-12(17)9-13-3-1-2-6-18-13/h4-5,7,12-13H,1-3,6,8-9,17H2. The molecule has 0 saturated carbocycles. The molecule has 1 heterocycles. The summed E-state index contributed by atoms with van der Waals surface area (Å²) in [4.78, 5) is 0. The van der Waals surface area contributed by atoms with E-state index in [0.717, 1.165) is 30.3 Å². The normalized spacial score (nSPS) is 21.8. The van der Waals surface area contributed by atoms with E-state index in [4.69, 9.17) is 10.5 Å². The summed E-state index contributed by atoms with van der Waals surface area (Å²) < 4.78 is 20.1. The SMILES string of the molecule is NC(Cc1cc(Br)ccc1F)CC1CCCCO1. The number of halogens is 2. The maximum absolute atomic E-state index is 13.6. The van der Waals surface area contributed by atoms with Gasteiger partial charge in [-0.2, -0.15) is 0 Å². The fourth-order valence-corrected chi connectivity index (χ4v) is 2.81. The summed E-state index contributed by atoms with van der Waals surface area (Å²) in [5.74, 6) is -0.182. The number of nitrogens with two attached hydrogens (primary N) is 1. The fraction of sp³-hybridized carbons (Fsp3) is 0.571. The largest absolute Gasteiger partial charge is 0.378 e. The minimum atomic E-state index is -0.182. The Morgan fingerprint density at radius 2 is 2.28 bits per heavy atom. The molecule has 18 heavy (non-hydrogen) atoms. The number of rotatable bonds is 4. The molecule has 0 radical (unpaired) electrons. The van der Waals surface area contributed by atoms with Gasteiger partial charge in [0.05, 0.1) is 6.10 Å². The van der Waals surface area contributed by atoms with Crippen molar-refractivity contribution in [3.8, 4) is 0 Å². The molecule has 1 aromatic carbocycles. The molecule has 2 unspecified atom stereocenters. The minimum absolute atomic E-state index is 0.0445. The molecule has 0 bridgehead atoms. The zero-order chi connectivity index (χ0) is 13.0. The van der Waals surface area contributed by atoms with Crippen LogP contribution in [0.3, 0.4) is 0 Å². The van der Waals surface area contributed by atoms with Gasteiger partial charge in [-0.05, 0) is 55.9 Å². The first kappa shape index (κ1) is 14.0. The lowest BCUT2D eigenvalue weighted by Crippen LogP contribution is -2.31. The second-order valence-electron chi connectivity index (χ2n) is 4.92. The maximum atomic E-state index is 13.6. The summed E-state index contributed by atoms with van der Waals surface area (Å²) in [5, 5.41) is 0. The second-order valence-corrected chi connectivity index (χ2v) is 5.84. The van der Waals surface area contributed by atoms with Crippen LogP contribution < -0.4 is 5.73 Å². The average Bonchev–Trinajstić information content (AvgIpc) is 2.35. The van der Waals surface area contributed by atoms with Crippen molar-refractivity contribution in [2.75, 3.05) is 6.61 Å². The van der Waals surface area contributed by atoms with Crippen molar-refractivity contribution in [2.24, 2.45) is 5.73 Å². The zero-order valence-corrected chi connectivity index (χ0v) is 12.0. The van der Waals surface area contributed by atoms with Gasteiger partial charge in [0.2, 0.25) is 0 Å². The molecule has 2 rings (SSSR count). The van der Waals surface area contributed by atoms with Gasteiger partial charge in [-0.3, -0.25) is 0 Å². The van der Waals surface area contributed by atoms with E-state index in [1.165, 1.54) is 12.5 Å². The van der Waals surface area contributed by atoms with Gasteiger partial charge in [-0.15, -0.1) is 0 Å². The van der Waals surface area contributed by atoms with Crippen LogP contribution in [0.25, 0.3) is 0 Å². The molecule has 1 aromatic rings. The lowest BCUT2D eigenvalue weighted by Gasteiger charge is -2.25. The van der Waals surface area contributed by atoms with Crippen molar-refractivity contribution in [1.82, 2.24) is 0 Å². The molecule has 0 amide bonds. The Balaban J connectivity index is 1.89. The Hall–Kier alpha value is -0.450. The highest BCUT2D eigenvalue weighted by Crippen LogP contribution is 2.20. The van der Waals surface area contributed by atoms with Gasteiger partial charge in [0.1, 0.15) is 5.82 Å². The number of benzene rings is 1. The molecular formula is C14H19BrFNO. The minimum Gasteiger partial charge on any atom is -0.378 e. The van der Waals surface area contributed by atoms with Gasteiger partial charge in [-0.1, -0.05) is 15.9 Å². The molecular weight excluding hydrogens is 297 g/mol. The number of ether oxygens (including phenoxy) is 1. The van der Waals surface area contributed by atoms with E-state index < -0.39 is 0 Å². The predicted molar refractivity (Wildman–Crippen MR) is 74.0 cm³/mol. The van der Waals surface area contributed by atoms with E-state index in [9.17, 15) is 4.39 Å². The van der Waals surface area contributed by atoms with Crippen molar-refractivity contribution in [1.29, 1.82) is 0 Å². The van der Waals surface area contributed by atoms with Crippen LogP contribution in [0.2, 0.25) is 0 Å². The summed E-state index contributed by atoms with van der Waals surface area (Å²) in [5.41, 5.74) is 6.77. The van der Waals surface area contributed by atoms with Crippen LogP contribution in [0.5, 0.6) is 0 Å². The molecule has 2 atom stereocenters. The fourth-order valence-electron chi connectivity index (χ4n) is 2.40. The topological polar surface area (TPSA) is 35.2 Å². The van der Waals surface area contributed by atoms with E-state index in [0.29, 0.717) is 12.0 Å². The Bertz CT molecular complexity index is 393. The molecule has 0 aliphatic carbocycles. The van der Waals surface area contributed by atoms with Crippen molar-refractivity contribution < 1.29 is 9.13 Å². The molecule has 2 nitrogen and oxygen atoms in total. The monoisotopic (exact) mass is 315 g/mol. The molecule has 100 valence electrons. The zero-order valence-electron chi connectivity index (χ0n) is 10.4. The average molecular weight is 316 g/mol. The quantitative estimate of drug-likeness (QED) is 0.924. The smallest absolute Gasteiger partial charge is 0.126 e. The Morgan fingerprint density at radius 1 is 1.44 bits per heavy atom. The highest BCUT2D eigenvalue weighted by Gasteiger charge is 2.18. The van der Waals surface area contributed by atoms with Gasteiger partial charge < -0.3 is 10.5 Å². The summed E-state index contributed by atoms with van der Waals surface area (Å²) in [6.07, 6.45) is 5.06.